The third-order valence-corrected chi connectivity index (χ3v) is 3.53. The van der Waals surface area contributed by atoms with Crippen LogP contribution in [0.25, 0.3) is 10.8 Å². The topological polar surface area (TPSA) is 59.2 Å². The highest BCUT2D eigenvalue weighted by molar-refractivity contribution is 5.83. The first-order valence-corrected chi connectivity index (χ1v) is 7.45. The van der Waals surface area contributed by atoms with Crippen LogP contribution in [0.1, 0.15) is 5.76 Å². The van der Waals surface area contributed by atoms with Crippen LogP contribution in [0.5, 0.6) is 5.75 Å². The predicted octanol–water partition coefficient (Wildman–Crippen LogP) is 1.94. The summed E-state index contributed by atoms with van der Waals surface area (Å²) >= 11 is 0. The lowest BCUT2D eigenvalue weighted by Gasteiger charge is -2.11. The number of quaternary nitrogens is 1. The van der Waals surface area contributed by atoms with Gasteiger partial charge in [-0.1, -0.05) is 30.3 Å². The fraction of sp³-hybridized carbons (Fsp3) is 0.222. The average Bonchev–Trinajstić information content (AvgIpc) is 3.06. The van der Waals surface area contributed by atoms with Crippen molar-refractivity contribution in [1.29, 1.82) is 0 Å². The number of rotatable bonds is 7. The molecule has 0 aliphatic heterocycles. The monoisotopic (exact) mass is 298 g/mol. The van der Waals surface area contributed by atoms with Crippen molar-refractivity contribution in [1.82, 2.24) is 0 Å². The maximum absolute atomic E-state index is 9.97. The normalized spacial score (nSPS) is 12.4. The van der Waals surface area contributed by atoms with Crippen LogP contribution in [0.4, 0.5) is 0 Å². The molecule has 3 N–H and O–H groups in total. The van der Waals surface area contributed by atoms with Gasteiger partial charge < -0.3 is 19.6 Å². The Morgan fingerprint density at radius 3 is 2.73 bits per heavy atom. The van der Waals surface area contributed by atoms with E-state index in [-0.39, 0.29) is 6.61 Å². The second-order valence-corrected chi connectivity index (χ2v) is 5.28. The van der Waals surface area contributed by atoms with Crippen LogP contribution >= 0.6 is 0 Å². The molecule has 22 heavy (non-hydrogen) atoms. The van der Waals surface area contributed by atoms with Gasteiger partial charge in [0.15, 0.2) is 5.76 Å². The van der Waals surface area contributed by atoms with Gasteiger partial charge in [-0.2, -0.15) is 0 Å². The van der Waals surface area contributed by atoms with E-state index in [0.717, 1.165) is 23.4 Å². The SMILES string of the molecule is O[C@H](C[NH2+]Cc1ccco1)COc1ccc2ccccc2c1. The van der Waals surface area contributed by atoms with Crippen LogP contribution in [0.15, 0.2) is 65.3 Å². The molecule has 1 atom stereocenters. The van der Waals surface area contributed by atoms with Crippen LogP contribution in [-0.4, -0.2) is 24.4 Å². The third kappa shape index (κ3) is 3.87. The minimum atomic E-state index is -0.513. The van der Waals surface area contributed by atoms with Gasteiger partial charge >= 0.3 is 0 Å². The van der Waals surface area contributed by atoms with Crippen molar-refractivity contribution >= 4 is 10.8 Å². The Labute approximate surface area is 129 Å². The van der Waals surface area contributed by atoms with Crippen molar-refractivity contribution in [2.45, 2.75) is 12.6 Å². The van der Waals surface area contributed by atoms with Crippen molar-refractivity contribution in [3.63, 3.8) is 0 Å². The Balaban J connectivity index is 1.46. The van der Waals surface area contributed by atoms with Gasteiger partial charge in [-0.25, -0.2) is 0 Å². The Bertz CT molecular complexity index is 709. The van der Waals surface area contributed by atoms with E-state index in [1.165, 1.54) is 5.39 Å². The molecule has 0 fully saturated rings. The van der Waals surface area contributed by atoms with Crippen molar-refractivity contribution < 1.29 is 19.6 Å². The van der Waals surface area contributed by atoms with E-state index in [1.807, 2.05) is 47.8 Å². The average molecular weight is 298 g/mol. The van der Waals surface area contributed by atoms with E-state index < -0.39 is 6.10 Å². The predicted molar refractivity (Wildman–Crippen MR) is 84.7 cm³/mol. The van der Waals surface area contributed by atoms with Crippen molar-refractivity contribution in [2.75, 3.05) is 13.2 Å². The second-order valence-electron chi connectivity index (χ2n) is 5.28. The summed E-state index contributed by atoms with van der Waals surface area (Å²) in [6.45, 7) is 1.58. The van der Waals surface area contributed by atoms with Gasteiger partial charge in [0.1, 0.15) is 31.5 Å². The van der Waals surface area contributed by atoms with Gasteiger partial charge in [-0.3, -0.25) is 0 Å². The van der Waals surface area contributed by atoms with E-state index >= 15 is 0 Å². The smallest absolute Gasteiger partial charge is 0.157 e. The Morgan fingerprint density at radius 1 is 1.05 bits per heavy atom. The highest BCUT2D eigenvalue weighted by Gasteiger charge is 2.08. The zero-order valence-corrected chi connectivity index (χ0v) is 12.3. The number of aliphatic hydroxyl groups is 1. The highest BCUT2D eigenvalue weighted by Crippen LogP contribution is 2.20. The fourth-order valence-corrected chi connectivity index (χ4v) is 2.36. The Morgan fingerprint density at radius 2 is 1.91 bits per heavy atom. The van der Waals surface area contributed by atoms with Crippen molar-refractivity contribution in [3.05, 3.63) is 66.6 Å². The van der Waals surface area contributed by atoms with E-state index in [0.29, 0.717) is 6.54 Å². The molecule has 114 valence electrons. The molecular formula is C18H20NO3+. The summed E-state index contributed by atoms with van der Waals surface area (Å²) in [5, 5.41) is 14.3. The molecule has 0 spiro atoms. The molecule has 1 heterocycles. The van der Waals surface area contributed by atoms with Gasteiger partial charge in [0.05, 0.1) is 6.26 Å². The number of aliphatic hydroxyl groups excluding tert-OH is 1. The maximum atomic E-state index is 9.97. The van der Waals surface area contributed by atoms with Gasteiger partial charge in [-0.05, 0) is 35.0 Å². The molecule has 3 aromatic rings. The van der Waals surface area contributed by atoms with E-state index in [9.17, 15) is 5.11 Å². The molecule has 4 nitrogen and oxygen atoms in total. The summed E-state index contributed by atoms with van der Waals surface area (Å²) in [4.78, 5) is 0. The second kappa shape index (κ2) is 7.11. The first-order chi connectivity index (χ1) is 10.8. The Hall–Kier alpha value is -2.30. The van der Waals surface area contributed by atoms with Gasteiger partial charge in [-0.15, -0.1) is 0 Å². The summed E-state index contributed by atoms with van der Waals surface area (Å²) in [6.07, 6.45) is 1.14. The molecule has 0 unspecified atom stereocenters. The molecule has 0 aliphatic rings. The quantitative estimate of drug-likeness (QED) is 0.701. The molecule has 0 radical (unpaired) electrons. The maximum Gasteiger partial charge on any atom is 0.157 e. The lowest BCUT2D eigenvalue weighted by molar-refractivity contribution is -0.678. The number of ether oxygens (including phenoxy) is 1. The zero-order valence-electron chi connectivity index (χ0n) is 12.3. The van der Waals surface area contributed by atoms with E-state index in [4.69, 9.17) is 9.15 Å². The number of nitrogens with two attached hydrogens (primary N) is 1. The van der Waals surface area contributed by atoms with Gasteiger partial charge in [0.25, 0.3) is 0 Å². The summed E-state index contributed by atoms with van der Waals surface area (Å²) < 4.78 is 10.9. The highest BCUT2D eigenvalue weighted by atomic mass is 16.5. The summed E-state index contributed by atoms with van der Waals surface area (Å²) in [7, 11) is 0. The minimum absolute atomic E-state index is 0.285. The number of fused-ring (bicyclic) bond motifs is 1. The molecule has 0 bridgehead atoms. The molecule has 2 aromatic carbocycles. The van der Waals surface area contributed by atoms with Crippen LogP contribution in [0, 0.1) is 0 Å². The third-order valence-electron chi connectivity index (χ3n) is 3.53. The summed E-state index contributed by atoms with van der Waals surface area (Å²) in [6, 6.07) is 17.9. The molecule has 0 saturated carbocycles. The largest absolute Gasteiger partial charge is 0.491 e. The number of benzene rings is 2. The van der Waals surface area contributed by atoms with Gasteiger partial charge in [0.2, 0.25) is 0 Å². The van der Waals surface area contributed by atoms with Crippen LogP contribution in [0.3, 0.4) is 0 Å². The molecule has 0 aliphatic carbocycles. The Kier molecular flexibility index (Phi) is 4.73. The summed E-state index contributed by atoms with van der Waals surface area (Å²) in [5.74, 6) is 1.69. The lowest BCUT2D eigenvalue weighted by Crippen LogP contribution is -2.85. The lowest BCUT2D eigenvalue weighted by atomic mass is 10.1. The molecule has 1 aromatic heterocycles. The number of hydrogen-bond acceptors (Lipinski definition) is 3. The standard InChI is InChI=1S/C18H19NO3/c20-16(11-19-12-18-6-3-9-21-18)13-22-17-8-7-14-4-1-2-5-15(14)10-17/h1-10,16,19-20H,11-13H2/p+1/t16-/m1/s1. The molecule has 4 heteroatoms. The molecule has 3 rings (SSSR count). The van der Waals surface area contributed by atoms with E-state index in [1.54, 1.807) is 6.26 Å². The summed E-state index contributed by atoms with van der Waals surface area (Å²) in [5.41, 5.74) is 0. The number of furan rings is 1. The van der Waals surface area contributed by atoms with Crippen molar-refractivity contribution in [2.24, 2.45) is 0 Å². The van der Waals surface area contributed by atoms with E-state index in [2.05, 4.69) is 12.1 Å². The van der Waals surface area contributed by atoms with Crippen molar-refractivity contribution in [3.8, 4) is 5.75 Å². The minimum Gasteiger partial charge on any atom is -0.491 e. The first kappa shape index (κ1) is 14.6. The van der Waals surface area contributed by atoms with Crippen LogP contribution in [-0.2, 0) is 6.54 Å². The van der Waals surface area contributed by atoms with Crippen LogP contribution < -0.4 is 10.1 Å². The fourth-order valence-electron chi connectivity index (χ4n) is 2.36. The number of hydrogen-bond donors (Lipinski definition) is 2. The first-order valence-electron chi connectivity index (χ1n) is 7.45. The molecular weight excluding hydrogens is 278 g/mol. The molecule has 0 amide bonds. The zero-order chi connectivity index (χ0) is 15.2. The van der Waals surface area contributed by atoms with Gasteiger partial charge in [0, 0.05) is 0 Å². The molecule has 0 saturated heterocycles. The van der Waals surface area contributed by atoms with Crippen LogP contribution in [0.2, 0.25) is 0 Å².